The number of benzene rings is 1. The number of hydrogen-bond donors (Lipinski definition) is 2. The summed E-state index contributed by atoms with van der Waals surface area (Å²) in [5, 5.41) is 13.6. The van der Waals surface area contributed by atoms with E-state index in [9.17, 15) is 0 Å². The molecule has 1 atom stereocenters. The molecule has 0 aliphatic carbocycles. The van der Waals surface area contributed by atoms with Crippen LogP contribution in [-0.2, 0) is 0 Å². The molecular formula is C10H10N4O. The lowest BCUT2D eigenvalue weighted by molar-refractivity contribution is 0.266. The number of rotatable bonds is 3. The maximum atomic E-state index is 9.05. The van der Waals surface area contributed by atoms with Gasteiger partial charge in [0.05, 0.1) is 6.61 Å². The first-order valence-corrected chi connectivity index (χ1v) is 4.58. The van der Waals surface area contributed by atoms with Crippen LogP contribution in [0.1, 0.15) is 11.7 Å². The van der Waals surface area contributed by atoms with E-state index in [4.69, 9.17) is 10.6 Å². The maximum absolute atomic E-state index is 9.05. The average Bonchev–Trinajstić information content (AvgIpc) is 2.69. The summed E-state index contributed by atoms with van der Waals surface area (Å²) in [7, 11) is 0. The Balaban J connectivity index is 2.47. The second-order valence-electron chi connectivity index (χ2n) is 3.22. The van der Waals surface area contributed by atoms with E-state index in [1.54, 1.807) is 0 Å². The van der Waals surface area contributed by atoms with Crippen LogP contribution in [0.25, 0.3) is 21.3 Å². The molecule has 1 unspecified atom stereocenters. The Morgan fingerprint density at radius 2 is 2.27 bits per heavy atom. The van der Waals surface area contributed by atoms with Gasteiger partial charge in [0, 0.05) is 16.1 Å². The fourth-order valence-electron chi connectivity index (χ4n) is 1.53. The van der Waals surface area contributed by atoms with Crippen LogP contribution >= 0.6 is 0 Å². The zero-order valence-corrected chi connectivity index (χ0v) is 7.96. The molecule has 2 N–H and O–H groups in total. The van der Waals surface area contributed by atoms with E-state index < -0.39 is 6.04 Å². The van der Waals surface area contributed by atoms with Crippen molar-refractivity contribution in [1.29, 1.82) is 0 Å². The van der Waals surface area contributed by atoms with Gasteiger partial charge in [0.2, 0.25) is 0 Å². The quantitative estimate of drug-likeness (QED) is 0.447. The molecule has 5 nitrogen and oxygen atoms in total. The van der Waals surface area contributed by atoms with Crippen molar-refractivity contribution in [2.75, 3.05) is 6.61 Å². The lowest BCUT2D eigenvalue weighted by Gasteiger charge is -2.02. The van der Waals surface area contributed by atoms with Crippen molar-refractivity contribution in [3.63, 3.8) is 0 Å². The van der Waals surface area contributed by atoms with Crippen LogP contribution in [0.4, 0.5) is 0 Å². The number of aromatic nitrogens is 1. The molecule has 0 spiro atoms. The van der Waals surface area contributed by atoms with Gasteiger partial charge in [0.25, 0.3) is 0 Å². The molecule has 0 fully saturated rings. The SMILES string of the molecule is [N-]=[N+]=NC(CO)c1cc2ccccc2[nH]1. The number of aliphatic hydroxyl groups excluding tert-OH is 1. The average molecular weight is 202 g/mol. The fourth-order valence-corrected chi connectivity index (χ4v) is 1.53. The third-order valence-electron chi connectivity index (χ3n) is 2.27. The van der Waals surface area contributed by atoms with Gasteiger partial charge in [0.15, 0.2) is 0 Å². The van der Waals surface area contributed by atoms with E-state index in [0.717, 1.165) is 16.6 Å². The maximum Gasteiger partial charge on any atom is 0.101 e. The Bertz CT molecular complexity index is 480. The van der Waals surface area contributed by atoms with Crippen LogP contribution in [0.2, 0.25) is 0 Å². The molecule has 0 aliphatic heterocycles. The van der Waals surface area contributed by atoms with Crippen molar-refractivity contribution in [1.82, 2.24) is 4.98 Å². The molecule has 5 heteroatoms. The molecule has 2 aromatic rings. The van der Waals surface area contributed by atoms with E-state index in [1.807, 2.05) is 30.3 Å². The summed E-state index contributed by atoms with van der Waals surface area (Å²) in [6, 6.07) is 9.09. The number of nitrogens with zero attached hydrogens (tertiary/aromatic N) is 3. The summed E-state index contributed by atoms with van der Waals surface area (Å²) in [4.78, 5) is 5.80. The molecule has 2 rings (SSSR count). The van der Waals surface area contributed by atoms with Gasteiger partial charge in [-0.2, -0.15) is 0 Å². The Labute approximate surface area is 86.0 Å². The van der Waals surface area contributed by atoms with Crippen molar-refractivity contribution in [3.05, 3.63) is 46.5 Å². The van der Waals surface area contributed by atoms with Crippen LogP contribution in [0, 0.1) is 0 Å². The van der Waals surface area contributed by atoms with Crippen LogP contribution in [0.5, 0.6) is 0 Å². The lowest BCUT2D eigenvalue weighted by Crippen LogP contribution is -1.99. The second-order valence-corrected chi connectivity index (χ2v) is 3.22. The first-order valence-electron chi connectivity index (χ1n) is 4.58. The summed E-state index contributed by atoms with van der Waals surface area (Å²) in [6.07, 6.45) is 0. The van der Waals surface area contributed by atoms with Gasteiger partial charge in [0.1, 0.15) is 6.04 Å². The van der Waals surface area contributed by atoms with Crippen molar-refractivity contribution < 1.29 is 5.11 Å². The minimum atomic E-state index is -0.539. The fraction of sp³-hybridized carbons (Fsp3) is 0.200. The predicted molar refractivity (Wildman–Crippen MR) is 57.3 cm³/mol. The molecule has 0 saturated carbocycles. The number of aromatic amines is 1. The standard InChI is InChI=1S/C10H10N4O/c11-14-13-10(6-15)9-5-7-3-1-2-4-8(7)12-9/h1-5,10,12,15H,6H2. The Kier molecular flexibility index (Phi) is 2.58. The Morgan fingerprint density at radius 1 is 1.47 bits per heavy atom. The van der Waals surface area contributed by atoms with Gasteiger partial charge in [-0.3, -0.25) is 0 Å². The van der Waals surface area contributed by atoms with E-state index in [1.165, 1.54) is 0 Å². The van der Waals surface area contributed by atoms with Crippen LogP contribution < -0.4 is 0 Å². The summed E-state index contributed by atoms with van der Waals surface area (Å²) in [6.45, 7) is -0.198. The molecule has 0 bridgehead atoms. The summed E-state index contributed by atoms with van der Waals surface area (Å²) < 4.78 is 0. The van der Waals surface area contributed by atoms with E-state index in [0.29, 0.717) is 0 Å². The first kappa shape index (κ1) is 9.58. The van der Waals surface area contributed by atoms with Gasteiger partial charge in [-0.25, -0.2) is 0 Å². The molecule has 76 valence electrons. The zero-order valence-electron chi connectivity index (χ0n) is 7.96. The number of aliphatic hydroxyl groups is 1. The molecule has 15 heavy (non-hydrogen) atoms. The zero-order chi connectivity index (χ0) is 10.7. The highest BCUT2D eigenvalue weighted by Crippen LogP contribution is 2.21. The third kappa shape index (κ3) is 1.79. The lowest BCUT2D eigenvalue weighted by atomic mass is 10.2. The number of azide groups is 1. The smallest absolute Gasteiger partial charge is 0.101 e. The summed E-state index contributed by atoms with van der Waals surface area (Å²) in [5.41, 5.74) is 10.0. The van der Waals surface area contributed by atoms with Gasteiger partial charge in [-0.15, -0.1) is 0 Å². The van der Waals surface area contributed by atoms with Crippen LogP contribution in [-0.4, -0.2) is 16.7 Å². The summed E-state index contributed by atoms with van der Waals surface area (Å²) >= 11 is 0. The highest BCUT2D eigenvalue weighted by atomic mass is 16.3. The number of para-hydroxylation sites is 1. The predicted octanol–water partition coefficient (Wildman–Crippen LogP) is 2.51. The van der Waals surface area contributed by atoms with Crippen molar-refractivity contribution in [3.8, 4) is 0 Å². The van der Waals surface area contributed by atoms with Gasteiger partial charge in [-0.05, 0) is 23.1 Å². The topological polar surface area (TPSA) is 84.8 Å². The minimum Gasteiger partial charge on any atom is -0.396 e. The molecular weight excluding hydrogens is 192 g/mol. The van der Waals surface area contributed by atoms with Gasteiger partial charge < -0.3 is 10.1 Å². The minimum absolute atomic E-state index is 0.198. The molecule has 0 radical (unpaired) electrons. The molecule has 0 amide bonds. The number of H-pyrrole nitrogens is 1. The molecule has 0 saturated heterocycles. The van der Waals surface area contributed by atoms with Crippen LogP contribution in [0.15, 0.2) is 35.4 Å². The highest BCUT2D eigenvalue weighted by molar-refractivity contribution is 5.80. The molecule has 1 aromatic carbocycles. The van der Waals surface area contributed by atoms with Crippen molar-refractivity contribution in [2.45, 2.75) is 6.04 Å². The normalized spacial score (nSPS) is 12.3. The van der Waals surface area contributed by atoms with Crippen molar-refractivity contribution in [2.24, 2.45) is 5.11 Å². The number of nitrogens with one attached hydrogen (secondary N) is 1. The van der Waals surface area contributed by atoms with Gasteiger partial charge in [-0.1, -0.05) is 23.3 Å². The van der Waals surface area contributed by atoms with Gasteiger partial charge >= 0.3 is 0 Å². The van der Waals surface area contributed by atoms with E-state index >= 15 is 0 Å². The van der Waals surface area contributed by atoms with E-state index in [2.05, 4.69) is 15.0 Å². The number of fused-ring (bicyclic) bond motifs is 1. The highest BCUT2D eigenvalue weighted by Gasteiger charge is 2.10. The molecule has 0 aliphatic rings. The first-order chi connectivity index (χ1) is 7.35. The molecule has 1 aromatic heterocycles. The second kappa shape index (κ2) is 4.04. The Morgan fingerprint density at radius 3 is 2.93 bits per heavy atom. The molecule has 1 heterocycles. The Hall–Kier alpha value is -1.97. The third-order valence-corrected chi connectivity index (χ3v) is 2.27. The van der Waals surface area contributed by atoms with Crippen molar-refractivity contribution >= 4 is 10.9 Å². The van der Waals surface area contributed by atoms with E-state index in [-0.39, 0.29) is 6.61 Å². The monoisotopic (exact) mass is 202 g/mol. The summed E-state index contributed by atoms with van der Waals surface area (Å²) in [5.74, 6) is 0. The largest absolute Gasteiger partial charge is 0.396 e. The number of hydrogen-bond acceptors (Lipinski definition) is 2. The van der Waals surface area contributed by atoms with Crippen LogP contribution in [0.3, 0.4) is 0 Å².